The summed E-state index contributed by atoms with van der Waals surface area (Å²) in [4.78, 5) is 14.9. The van der Waals surface area contributed by atoms with E-state index in [-0.39, 0.29) is 5.91 Å². The van der Waals surface area contributed by atoms with Crippen LogP contribution in [0.5, 0.6) is 0 Å². The fraction of sp³-hybridized carbons (Fsp3) is 0.500. The Morgan fingerprint density at radius 2 is 2.23 bits per heavy atom. The number of amides is 1. The van der Waals surface area contributed by atoms with Crippen LogP contribution >= 0.6 is 0 Å². The molecule has 4 rings (SSSR count). The fourth-order valence-corrected chi connectivity index (χ4v) is 3.84. The van der Waals surface area contributed by atoms with Gasteiger partial charge in [-0.25, -0.2) is 0 Å². The SMILES string of the molecule is CC(C)c1coc2cc(C(=O)NC3CN4CCC3C4)ccc12. The van der Waals surface area contributed by atoms with E-state index in [9.17, 15) is 4.79 Å². The molecule has 0 saturated carbocycles. The summed E-state index contributed by atoms with van der Waals surface area (Å²) in [6, 6.07) is 6.09. The monoisotopic (exact) mass is 298 g/mol. The van der Waals surface area contributed by atoms with E-state index in [1.54, 1.807) is 6.26 Å². The Bertz CT molecular complexity index is 719. The third-order valence-electron chi connectivity index (χ3n) is 5.14. The van der Waals surface area contributed by atoms with Gasteiger partial charge in [-0.2, -0.15) is 0 Å². The fourth-order valence-electron chi connectivity index (χ4n) is 3.84. The Hall–Kier alpha value is -1.81. The zero-order chi connectivity index (χ0) is 15.3. The molecule has 1 N–H and O–H groups in total. The summed E-state index contributed by atoms with van der Waals surface area (Å²) in [6.45, 7) is 7.62. The molecule has 2 aliphatic rings. The Kier molecular flexibility index (Phi) is 3.22. The standard InChI is InChI=1S/C18H22N2O2/c1-11(2)15-10-22-17-7-12(3-4-14(15)17)18(21)19-16-9-20-6-5-13(16)8-20/h3-4,7,10-11,13,16H,5-6,8-9H2,1-2H3,(H,19,21). The molecule has 4 heteroatoms. The average Bonchev–Trinajstić information content (AvgIpc) is 3.20. The highest BCUT2D eigenvalue weighted by Crippen LogP contribution is 2.29. The summed E-state index contributed by atoms with van der Waals surface area (Å²) >= 11 is 0. The quantitative estimate of drug-likeness (QED) is 0.947. The van der Waals surface area contributed by atoms with Crippen molar-refractivity contribution in [1.82, 2.24) is 10.2 Å². The van der Waals surface area contributed by atoms with Crippen LogP contribution in [0.3, 0.4) is 0 Å². The smallest absolute Gasteiger partial charge is 0.251 e. The molecule has 2 fully saturated rings. The summed E-state index contributed by atoms with van der Waals surface area (Å²) in [5, 5.41) is 4.31. The molecule has 116 valence electrons. The lowest BCUT2D eigenvalue weighted by Crippen LogP contribution is -2.43. The molecular weight excluding hydrogens is 276 g/mol. The van der Waals surface area contributed by atoms with Crippen LogP contribution in [-0.4, -0.2) is 36.5 Å². The highest BCUT2D eigenvalue weighted by Gasteiger charge is 2.38. The molecule has 3 atom stereocenters. The van der Waals surface area contributed by atoms with Gasteiger partial charge in [0.2, 0.25) is 0 Å². The Morgan fingerprint density at radius 3 is 2.91 bits per heavy atom. The van der Waals surface area contributed by atoms with Crippen molar-refractivity contribution in [2.45, 2.75) is 32.2 Å². The minimum absolute atomic E-state index is 0.0168. The predicted octanol–water partition coefficient (Wildman–Crippen LogP) is 2.99. The van der Waals surface area contributed by atoms with Gasteiger partial charge in [0.15, 0.2) is 0 Å². The first kappa shape index (κ1) is 13.8. The summed E-state index contributed by atoms with van der Waals surface area (Å²) in [6.07, 6.45) is 3.01. The number of carbonyl (C=O) groups excluding carboxylic acids is 1. The number of hydrogen-bond acceptors (Lipinski definition) is 3. The second-order valence-electron chi connectivity index (χ2n) is 6.94. The first-order chi connectivity index (χ1) is 10.6. The van der Waals surface area contributed by atoms with Crippen molar-refractivity contribution < 1.29 is 9.21 Å². The van der Waals surface area contributed by atoms with Crippen LogP contribution in [-0.2, 0) is 0 Å². The summed E-state index contributed by atoms with van der Waals surface area (Å²) < 4.78 is 5.63. The van der Waals surface area contributed by atoms with Gasteiger partial charge in [-0.05, 0) is 36.9 Å². The molecule has 3 heterocycles. The van der Waals surface area contributed by atoms with E-state index in [0.29, 0.717) is 23.4 Å². The molecule has 2 aromatic rings. The van der Waals surface area contributed by atoms with Gasteiger partial charge < -0.3 is 14.6 Å². The Morgan fingerprint density at radius 1 is 1.36 bits per heavy atom. The van der Waals surface area contributed by atoms with Gasteiger partial charge in [0.1, 0.15) is 5.58 Å². The van der Waals surface area contributed by atoms with Crippen LogP contribution in [0.15, 0.2) is 28.9 Å². The minimum atomic E-state index is 0.0168. The molecular formula is C18H22N2O2. The van der Waals surface area contributed by atoms with Crippen LogP contribution in [0.25, 0.3) is 11.0 Å². The number of fused-ring (bicyclic) bond motifs is 3. The van der Waals surface area contributed by atoms with Crippen molar-refractivity contribution in [3.05, 3.63) is 35.6 Å². The number of nitrogens with one attached hydrogen (secondary N) is 1. The van der Waals surface area contributed by atoms with Gasteiger partial charge in [-0.3, -0.25) is 4.79 Å². The molecule has 1 amide bonds. The lowest BCUT2D eigenvalue weighted by molar-refractivity contribution is 0.0924. The molecule has 22 heavy (non-hydrogen) atoms. The van der Waals surface area contributed by atoms with E-state index in [1.165, 1.54) is 18.5 Å². The minimum Gasteiger partial charge on any atom is -0.464 e. The van der Waals surface area contributed by atoms with Crippen molar-refractivity contribution in [2.24, 2.45) is 5.92 Å². The summed E-state index contributed by atoms with van der Waals surface area (Å²) in [7, 11) is 0. The molecule has 3 unspecified atom stereocenters. The molecule has 2 bridgehead atoms. The van der Waals surface area contributed by atoms with Crippen molar-refractivity contribution in [3.63, 3.8) is 0 Å². The van der Waals surface area contributed by atoms with Gasteiger partial charge >= 0.3 is 0 Å². The molecule has 0 aliphatic carbocycles. The second kappa shape index (κ2) is 5.13. The number of rotatable bonds is 3. The molecule has 4 nitrogen and oxygen atoms in total. The number of furan rings is 1. The highest BCUT2D eigenvalue weighted by molar-refractivity contribution is 5.98. The zero-order valence-corrected chi connectivity index (χ0v) is 13.1. The highest BCUT2D eigenvalue weighted by atomic mass is 16.3. The number of nitrogens with zero attached hydrogens (tertiary/aromatic N) is 1. The van der Waals surface area contributed by atoms with Gasteiger partial charge in [0.25, 0.3) is 5.91 Å². The molecule has 1 aromatic carbocycles. The molecule has 2 saturated heterocycles. The van der Waals surface area contributed by atoms with E-state index in [1.807, 2.05) is 18.2 Å². The van der Waals surface area contributed by atoms with Crippen LogP contribution in [0.4, 0.5) is 0 Å². The Balaban J connectivity index is 1.54. The largest absolute Gasteiger partial charge is 0.464 e. The first-order valence-corrected chi connectivity index (χ1v) is 8.16. The third kappa shape index (κ3) is 2.22. The van der Waals surface area contributed by atoms with E-state index in [0.717, 1.165) is 24.1 Å². The van der Waals surface area contributed by atoms with E-state index < -0.39 is 0 Å². The van der Waals surface area contributed by atoms with Crippen LogP contribution in [0, 0.1) is 5.92 Å². The van der Waals surface area contributed by atoms with Gasteiger partial charge in [0, 0.05) is 35.6 Å². The van der Waals surface area contributed by atoms with Crippen molar-refractivity contribution in [3.8, 4) is 0 Å². The van der Waals surface area contributed by atoms with E-state index >= 15 is 0 Å². The number of piperidine rings is 1. The van der Waals surface area contributed by atoms with Gasteiger partial charge in [-0.15, -0.1) is 0 Å². The van der Waals surface area contributed by atoms with Crippen molar-refractivity contribution >= 4 is 16.9 Å². The van der Waals surface area contributed by atoms with Gasteiger partial charge in [0.05, 0.1) is 6.26 Å². The van der Waals surface area contributed by atoms with Crippen molar-refractivity contribution in [1.29, 1.82) is 0 Å². The zero-order valence-electron chi connectivity index (χ0n) is 13.1. The molecule has 0 spiro atoms. The van der Waals surface area contributed by atoms with Gasteiger partial charge in [-0.1, -0.05) is 19.9 Å². The number of carbonyl (C=O) groups is 1. The maximum Gasteiger partial charge on any atom is 0.251 e. The lowest BCUT2D eigenvalue weighted by atomic mass is 9.99. The summed E-state index contributed by atoms with van der Waals surface area (Å²) in [5.74, 6) is 1.07. The maximum atomic E-state index is 12.5. The number of benzene rings is 1. The van der Waals surface area contributed by atoms with Crippen LogP contribution < -0.4 is 5.32 Å². The maximum absolute atomic E-state index is 12.5. The Labute approximate surface area is 130 Å². The number of hydrogen-bond donors (Lipinski definition) is 1. The predicted molar refractivity (Wildman–Crippen MR) is 86.1 cm³/mol. The topological polar surface area (TPSA) is 45.5 Å². The van der Waals surface area contributed by atoms with Crippen molar-refractivity contribution in [2.75, 3.05) is 19.6 Å². The molecule has 0 radical (unpaired) electrons. The molecule has 2 aliphatic heterocycles. The van der Waals surface area contributed by atoms with E-state index in [2.05, 4.69) is 24.1 Å². The van der Waals surface area contributed by atoms with E-state index in [4.69, 9.17) is 4.42 Å². The van der Waals surface area contributed by atoms with Crippen LogP contribution in [0.2, 0.25) is 0 Å². The third-order valence-corrected chi connectivity index (χ3v) is 5.14. The average molecular weight is 298 g/mol. The lowest BCUT2D eigenvalue weighted by Gasteiger charge is -2.23. The normalized spacial score (nSPS) is 27.0. The molecule has 1 aromatic heterocycles. The first-order valence-electron chi connectivity index (χ1n) is 8.16. The second-order valence-corrected chi connectivity index (χ2v) is 6.94. The summed E-state index contributed by atoms with van der Waals surface area (Å²) in [5.41, 5.74) is 2.69. The van der Waals surface area contributed by atoms with Crippen LogP contribution in [0.1, 0.15) is 42.1 Å².